The van der Waals surface area contributed by atoms with Gasteiger partial charge in [-0.05, 0) is 86.7 Å². The van der Waals surface area contributed by atoms with Crippen LogP contribution in [0.25, 0.3) is 10.2 Å². The predicted molar refractivity (Wildman–Crippen MR) is 149 cm³/mol. The Hall–Kier alpha value is -3.60. The van der Waals surface area contributed by atoms with Gasteiger partial charge in [-0.1, -0.05) is 12.1 Å². The molecule has 8 nitrogen and oxygen atoms in total. The number of amides is 2. The summed E-state index contributed by atoms with van der Waals surface area (Å²) in [5, 5.41) is 17.5. The van der Waals surface area contributed by atoms with Crippen molar-refractivity contribution in [3.63, 3.8) is 0 Å². The van der Waals surface area contributed by atoms with Crippen molar-refractivity contribution in [3.8, 4) is 5.75 Å². The highest BCUT2D eigenvalue weighted by Gasteiger charge is 2.25. The quantitative estimate of drug-likeness (QED) is 0.310. The number of fused-ring (bicyclic) bond motifs is 1. The van der Waals surface area contributed by atoms with Crippen LogP contribution in [0.4, 0.5) is 11.4 Å². The fourth-order valence-corrected chi connectivity index (χ4v) is 5.47. The van der Waals surface area contributed by atoms with Crippen LogP contribution in [0.3, 0.4) is 0 Å². The lowest BCUT2D eigenvalue weighted by Gasteiger charge is -2.32. The largest absolute Gasteiger partial charge is 0.490 e. The van der Waals surface area contributed by atoms with Gasteiger partial charge in [0.2, 0.25) is 0 Å². The lowest BCUT2D eigenvalue weighted by atomic mass is 9.82. The number of hydrogen-bond acceptors (Lipinski definition) is 6. The van der Waals surface area contributed by atoms with Gasteiger partial charge >= 0.3 is 7.05 Å². The molecule has 5 rings (SSSR count). The van der Waals surface area contributed by atoms with E-state index in [-0.39, 0.29) is 17.9 Å². The van der Waals surface area contributed by atoms with E-state index >= 15 is 0 Å². The van der Waals surface area contributed by atoms with Crippen molar-refractivity contribution in [1.29, 1.82) is 0 Å². The van der Waals surface area contributed by atoms with E-state index < -0.39 is 7.05 Å². The van der Waals surface area contributed by atoms with E-state index in [1.165, 1.54) is 0 Å². The predicted octanol–water partition coefficient (Wildman–Crippen LogP) is 4.70. The highest BCUT2D eigenvalue weighted by Crippen LogP contribution is 2.26. The second-order valence-electron chi connectivity index (χ2n) is 9.22. The van der Waals surface area contributed by atoms with Gasteiger partial charge in [-0.15, -0.1) is 11.3 Å². The van der Waals surface area contributed by atoms with Crippen LogP contribution in [0.2, 0.25) is 6.82 Å². The van der Waals surface area contributed by atoms with Crippen LogP contribution in [0.5, 0.6) is 5.75 Å². The van der Waals surface area contributed by atoms with E-state index in [4.69, 9.17) is 4.74 Å². The summed E-state index contributed by atoms with van der Waals surface area (Å²) in [6.07, 6.45) is 1.81. The smallest absolute Gasteiger partial charge is 0.376 e. The summed E-state index contributed by atoms with van der Waals surface area (Å²) in [6, 6.07) is 18.1. The van der Waals surface area contributed by atoms with Crippen molar-refractivity contribution in [1.82, 2.24) is 9.38 Å². The second-order valence-corrected chi connectivity index (χ2v) is 10.2. The molecule has 0 spiro atoms. The number of nitrogens with zero attached hydrogens (tertiary/aromatic N) is 2. The van der Waals surface area contributed by atoms with E-state index in [0.717, 1.165) is 41.9 Å². The third kappa shape index (κ3) is 5.56. The molecule has 190 valence electrons. The van der Waals surface area contributed by atoms with Gasteiger partial charge in [0, 0.05) is 12.7 Å². The average Bonchev–Trinajstić information content (AvgIpc) is 3.48. The molecule has 0 bridgehead atoms. The minimum Gasteiger partial charge on any atom is -0.490 e. The number of para-hydroxylation sites is 1. The molecular formula is C27H29BN4O4S. The van der Waals surface area contributed by atoms with Crippen LogP contribution < -0.4 is 15.4 Å². The topological polar surface area (TPSA) is 95.8 Å². The van der Waals surface area contributed by atoms with Crippen LogP contribution in [0, 0.1) is 0 Å². The first-order chi connectivity index (χ1) is 17.9. The number of hydrogen-bond donors (Lipinski definition) is 3. The van der Waals surface area contributed by atoms with E-state index in [9.17, 15) is 14.6 Å². The normalized spacial score (nSPS) is 14.5. The molecule has 2 amide bonds. The summed E-state index contributed by atoms with van der Waals surface area (Å²) in [6.45, 7) is 3.38. The Morgan fingerprint density at radius 2 is 1.76 bits per heavy atom. The highest BCUT2D eigenvalue weighted by molar-refractivity contribution is 7.17. The SMILES string of the molecule is CB(O)N1CCC(Oc2ccc(NC(=O)c3ccccc3NC(=O)c3cc4sccc4n3C)cc2)CC1. The Kier molecular flexibility index (Phi) is 7.32. The molecule has 1 fully saturated rings. The van der Waals surface area contributed by atoms with E-state index in [1.807, 2.05) is 46.1 Å². The fraction of sp³-hybridized carbons (Fsp3) is 0.259. The molecule has 10 heteroatoms. The van der Waals surface area contributed by atoms with Gasteiger partial charge in [0.15, 0.2) is 0 Å². The van der Waals surface area contributed by atoms with E-state index in [0.29, 0.717) is 22.6 Å². The van der Waals surface area contributed by atoms with E-state index in [1.54, 1.807) is 54.6 Å². The summed E-state index contributed by atoms with van der Waals surface area (Å²) in [5.41, 5.74) is 2.98. The number of aromatic nitrogens is 1. The van der Waals surface area contributed by atoms with Crippen molar-refractivity contribution in [2.45, 2.75) is 25.8 Å². The maximum absolute atomic E-state index is 13.1. The molecule has 4 aromatic rings. The maximum Gasteiger partial charge on any atom is 0.376 e. The van der Waals surface area contributed by atoms with Crippen LogP contribution >= 0.6 is 11.3 Å². The summed E-state index contributed by atoms with van der Waals surface area (Å²) >= 11 is 1.58. The number of thiophene rings is 1. The van der Waals surface area contributed by atoms with Crippen molar-refractivity contribution < 1.29 is 19.3 Å². The Morgan fingerprint density at radius 1 is 1.03 bits per heavy atom. The monoisotopic (exact) mass is 516 g/mol. The third-order valence-electron chi connectivity index (χ3n) is 6.74. The molecular weight excluding hydrogens is 487 g/mol. The number of piperidine rings is 1. The zero-order chi connectivity index (χ0) is 25.9. The highest BCUT2D eigenvalue weighted by atomic mass is 32.1. The van der Waals surface area contributed by atoms with Crippen LogP contribution in [-0.2, 0) is 7.05 Å². The molecule has 37 heavy (non-hydrogen) atoms. The summed E-state index contributed by atoms with van der Waals surface area (Å²) < 4.78 is 8.98. The molecule has 0 saturated carbocycles. The number of anilines is 2. The summed E-state index contributed by atoms with van der Waals surface area (Å²) in [5.74, 6) is 0.151. The molecule has 0 unspecified atom stereocenters. The lowest BCUT2D eigenvalue weighted by Crippen LogP contribution is -2.45. The second kappa shape index (κ2) is 10.8. The first-order valence-electron chi connectivity index (χ1n) is 12.3. The zero-order valence-corrected chi connectivity index (χ0v) is 21.6. The van der Waals surface area contributed by atoms with Gasteiger partial charge in [-0.2, -0.15) is 0 Å². The Labute approximate surface area is 220 Å². The molecule has 0 atom stereocenters. The number of benzene rings is 2. The number of rotatable bonds is 7. The Morgan fingerprint density at radius 3 is 2.46 bits per heavy atom. The van der Waals surface area contributed by atoms with Gasteiger partial charge in [0.05, 0.1) is 21.5 Å². The van der Waals surface area contributed by atoms with Gasteiger partial charge in [0.25, 0.3) is 11.8 Å². The lowest BCUT2D eigenvalue weighted by molar-refractivity contribution is 0.101. The van der Waals surface area contributed by atoms with Crippen molar-refractivity contribution >= 4 is 51.8 Å². The number of carbonyl (C=O) groups excluding carboxylic acids is 2. The Bertz CT molecular complexity index is 1410. The van der Waals surface area contributed by atoms with Gasteiger partial charge in [-0.25, -0.2) is 0 Å². The van der Waals surface area contributed by atoms with Crippen LogP contribution in [0.15, 0.2) is 66.0 Å². The fourth-order valence-electron chi connectivity index (χ4n) is 4.62. The van der Waals surface area contributed by atoms with Crippen LogP contribution in [0.1, 0.15) is 33.7 Å². The van der Waals surface area contributed by atoms with Gasteiger partial charge in [0.1, 0.15) is 17.5 Å². The molecule has 1 aliphatic heterocycles. The maximum atomic E-state index is 13.1. The number of ether oxygens (including phenoxy) is 1. The molecule has 2 aromatic carbocycles. The van der Waals surface area contributed by atoms with Gasteiger partial charge < -0.3 is 29.8 Å². The molecule has 1 saturated heterocycles. The molecule has 0 radical (unpaired) electrons. The molecule has 1 aliphatic rings. The van der Waals surface area contributed by atoms with Crippen molar-refractivity contribution in [3.05, 3.63) is 77.3 Å². The number of carbonyl (C=O) groups is 2. The number of aryl methyl sites for hydroxylation is 1. The zero-order valence-electron chi connectivity index (χ0n) is 20.8. The van der Waals surface area contributed by atoms with Crippen molar-refractivity contribution in [2.75, 3.05) is 23.7 Å². The minimum atomic E-state index is -0.433. The first-order valence-corrected chi connectivity index (χ1v) is 13.2. The molecule has 2 aromatic heterocycles. The molecule has 0 aliphatic carbocycles. The average molecular weight is 516 g/mol. The summed E-state index contributed by atoms with van der Waals surface area (Å²) in [7, 11) is 1.42. The first kappa shape index (κ1) is 25.1. The molecule has 3 heterocycles. The number of nitrogens with one attached hydrogen (secondary N) is 2. The Balaban J connectivity index is 1.22. The van der Waals surface area contributed by atoms with Gasteiger partial charge in [-0.3, -0.25) is 9.59 Å². The van der Waals surface area contributed by atoms with Crippen LogP contribution in [-0.4, -0.2) is 52.5 Å². The minimum absolute atomic E-state index is 0.103. The third-order valence-corrected chi connectivity index (χ3v) is 7.59. The standard InChI is InChI=1S/C27H29BN4O4S/c1-28(35)32-14-11-20(12-15-32)36-19-9-7-18(8-10-19)29-26(33)21-5-3-4-6-22(21)30-27(34)24-17-25-23(31(24)2)13-16-37-25/h3-10,13,16-17,20,35H,11-12,14-15H2,1-2H3,(H,29,33)(H,30,34). The van der Waals surface area contributed by atoms with E-state index in [2.05, 4.69) is 10.6 Å². The summed E-state index contributed by atoms with van der Waals surface area (Å²) in [4.78, 5) is 28.1. The van der Waals surface area contributed by atoms with Crippen molar-refractivity contribution in [2.24, 2.45) is 7.05 Å². The molecule has 3 N–H and O–H groups in total.